The fraction of sp³-hybridized carbons (Fsp3) is 0.625. The average Bonchev–Trinajstić information content (AvgIpc) is 2.36. The maximum Gasteiger partial charge on any atom is 0.387 e. The molecule has 0 aliphatic carbocycles. The van der Waals surface area contributed by atoms with Crippen molar-refractivity contribution in [3.8, 4) is 11.5 Å². The Kier molecular flexibility index (Phi) is 6.89. The Balaban J connectivity index is 2.61. The second kappa shape index (κ2) is 8.17. The third kappa shape index (κ3) is 7.27. The van der Waals surface area contributed by atoms with E-state index in [1.165, 1.54) is 6.07 Å². The van der Waals surface area contributed by atoms with E-state index in [9.17, 15) is 8.78 Å². The van der Waals surface area contributed by atoms with Crippen LogP contribution in [0.15, 0.2) is 18.2 Å². The van der Waals surface area contributed by atoms with Gasteiger partial charge in [0.15, 0.2) is 11.5 Å². The summed E-state index contributed by atoms with van der Waals surface area (Å²) in [7, 11) is 0. The topological polar surface area (TPSA) is 30.5 Å². The molecule has 0 fully saturated rings. The number of hydrogen-bond acceptors (Lipinski definition) is 3. The zero-order chi connectivity index (χ0) is 15.9. The summed E-state index contributed by atoms with van der Waals surface area (Å²) >= 11 is 0. The highest BCUT2D eigenvalue weighted by Gasteiger charge is 2.12. The molecule has 120 valence electrons. The number of alkyl halides is 2. The van der Waals surface area contributed by atoms with Gasteiger partial charge >= 0.3 is 6.61 Å². The highest BCUT2D eigenvalue weighted by atomic mass is 19.3. The van der Waals surface area contributed by atoms with E-state index in [4.69, 9.17) is 4.74 Å². The van der Waals surface area contributed by atoms with Crippen molar-refractivity contribution >= 4 is 0 Å². The van der Waals surface area contributed by atoms with E-state index in [-0.39, 0.29) is 5.75 Å². The van der Waals surface area contributed by atoms with Crippen molar-refractivity contribution in [2.24, 2.45) is 5.41 Å². The molecule has 0 heterocycles. The van der Waals surface area contributed by atoms with Gasteiger partial charge in [-0.3, -0.25) is 0 Å². The molecule has 0 aliphatic heterocycles. The molecule has 5 heteroatoms. The predicted octanol–water partition coefficient (Wildman–Crippen LogP) is 4.21. The zero-order valence-electron chi connectivity index (χ0n) is 13.2. The summed E-state index contributed by atoms with van der Waals surface area (Å²) in [4.78, 5) is 0. The highest BCUT2D eigenvalue weighted by Crippen LogP contribution is 2.29. The van der Waals surface area contributed by atoms with Gasteiger partial charge in [0, 0.05) is 6.54 Å². The Labute approximate surface area is 125 Å². The lowest BCUT2D eigenvalue weighted by atomic mass is 9.92. The first-order chi connectivity index (χ1) is 9.81. The molecule has 0 aliphatic rings. The van der Waals surface area contributed by atoms with Gasteiger partial charge in [-0.25, -0.2) is 0 Å². The summed E-state index contributed by atoms with van der Waals surface area (Å²) in [5, 5.41) is 3.34. The van der Waals surface area contributed by atoms with Gasteiger partial charge in [0.05, 0.1) is 6.61 Å². The number of benzene rings is 1. The van der Waals surface area contributed by atoms with Gasteiger partial charge < -0.3 is 14.8 Å². The fourth-order valence-electron chi connectivity index (χ4n) is 1.82. The molecule has 0 unspecified atom stereocenters. The molecule has 0 bridgehead atoms. The van der Waals surface area contributed by atoms with Crippen LogP contribution in [0.25, 0.3) is 0 Å². The monoisotopic (exact) mass is 301 g/mol. The molecule has 0 atom stereocenters. The average molecular weight is 301 g/mol. The smallest absolute Gasteiger partial charge is 0.387 e. The third-order valence-corrected chi connectivity index (χ3v) is 2.90. The Morgan fingerprint density at radius 3 is 2.48 bits per heavy atom. The molecule has 0 saturated carbocycles. The van der Waals surface area contributed by atoms with E-state index >= 15 is 0 Å². The Bertz CT molecular complexity index is 431. The number of ether oxygens (including phenoxy) is 2. The second-order valence-electron chi connectivity index (χ2n) is 6.08. The molecule has 1 rings (SSSR count). The normalized spacial score (nSPS) is 11.8. The minimum Gasteiger partial charge on any atom is -0.490 e. The van der Waals surface area contributed by atoms with Crippen LogP contribution in [0.4, 0.5) is 8.78 Å². The van der Waals surface area contributed by atoms with Crippen LogP contribution in [-0.2, 0) is 6.54 Å². The van der Waals surface area contributed by atoms with Crippen LogP contribution in [0.3, 0.4) is 0 Å². The lowest BCUT2D eigenvalue weighted by Gasteiger charge is -2.18. The summed E-state index contributed by atoms with van der Waals surface area (Å²) < 4.78 is 34.4. The molecule has 0 aromatic heterocycles. The van der Waals surface area contributed by atoms with Gasteiger partial charge in [0.25, 0.3) is 0 Å². The van der Waals surface area contributed by atoms with E-state index in [2.05, 4.69) is 30.8 Å². The van der Waals surface area contributed by atoms with Crippen LogP contribution in [0, 0.1) is 5.41 Å². The van der Waals surface area contributed by atoms with Gasteiger partial charge in [0.2, 0.25) is 0 Å². The summed E-state index contributed by atoms with van der Waals surface area (Å²) in [6.07, 6.45) is 1.07. The minimum atomic E-state index is -2.85. The first-order valence-electron chi connectivity index (χ1n) is 7.23. The van der Waals surface area contributed by atoms with Crippen molar-refractivity contribution in [1.82, 2.24) is 5.32 Å². The van der Waals surface area contributed by atoms with Crippen LogP contribution in [0.1, 0.15) is 39.7 Å². The molecular formula is C16H25F2NO2. The van der Waals surface area contributed by atoms with Crippen molar-refractivity contribution in [2.75, 3.05) is 13.2 Å². The largest absolute Gasteiger partial charge is 0.490 e. The van der Waals surface area contributed by atoms with Crippen LogP contribution < -0.4 is 14.8 Å². The van der Waals surface area contributed by atoms with Crippen molar-refractivity contribution in [2.45, 2.75) is 47.3 Å². The van der Waals surface area contributed by atoms with E-state index < -0.39 is 6.61 Å². The van der Waals surface area contributed by atoms with Crippen molar-refractivity contribution in [3.63, 3.8) is 0 Å². The lowest BCUT2D eigenvalue weighted by molar-refractivity contribution is -0.0514. The van der Waals surface area contributed by atoms with Crippen LogP contribution >= 0.6 is 0 Å². The van der Waals surface area contributed by atoms with E-state index in [1.54, 1.807) is 19.1 Å². The quantitative estimate of drug-likeness (QED) is 0.730. The minimum absolute atomic E-state index is 0.0743. The standard InChI is InChI=1S/C16H25F2NO2/c1-5-20-14-10-12(6-7-13(14)21-15(17)18)11-19-9-8-16(2,3)4/h6-7,10,15,19H,5,8-9,11H2,1-4H3. The second-order valence-corrected chi connectivity index (χ2v) is 6.08. The SMILES string of the molecule is CCOc1cc(CNCCC(C)(C)C)ccc1OC(F)F. The Hall–Kier alpha value is -1.36. The van der Waals surface area contributed by atoms with Gasteiger partial charge in [-0.1, -0.05) is 26.8 Å². The van der Waals surface area contributed by atoms with Crippen LogP contribution in [0.5, 0.6) is 11.5 Å². The van der Waals surface area contributed by atoms with Gasteiger partial charge in [-0.05, 0) is 43.0 Å². The number of nitrogens with one attached hydrogen (secondary N) is 1. The van der Waals surface area contributed by atoms with Crippen molar-refractivity contribution in [3.05, 3.63) is 23.8 Å². The maximum atomic E-state index is 12.3. The molecule has 1 N–H and O–H groups in total. The van der Waals surface area contributed by atoms with Crippen LogP contribution in [-0.4, -0.2) is 19.8 Å². The summed E-state index contributed by atoms with van der Waals surface area (Å²) in [6.45, 7) is 7.52. The highest BCUT2D eigenvalue weighted by molar-refractivity contribution is 5.43. The molecule has 0 spiro atoms. The van der Waals surface area contributed by atoms with Crippen molar-refractivity contribution in [1.29, 1.82) is 0 Å². The lowest BCUT2D eigenvalue weighted by Crippen LogP contribution is -2.20. The number of hydrogen-bond donors (Lipinski definition) is 1. The van der Waals surface area contributed by atoms with Gasteiger partial charge in [-0.15, -0.1) is 0 Å². The van der Waals surface area contributed by atoms with Gasteiger partial charge in [-0.2, -0.15) is 8.78 Å². The van der Waals surface area contributed by atoms with E-state index in [0.717, 1.165) is 18.5 Å². The molecule has 0 amide bonds. The predicted molar refractivity (Wildman–Crippen MR) is 80.0 cm³/mol. The van der Waals surface area contributed by atoms with Crippen LogP contribution in [0.2, 0.25) is 0 Å². The first kappa shape index (κ1) is 17.7. The van der Waals surface area contributed by atoms with Crippen molar-refractivity contribution < 1.29 is 18.3 Å². The molecule has 0 saturated heterocycles. The summed E-state index contributed by atoms with van der Waals surface area (Å²) in [6, 6.07) is 5.04. The van der Waals surface area contributed by atoms with Gasteiger partial charge in [0.1, 0.15) is 0 Å². The molecule has 1 aromatic rings. The third-order valence-electron chi connectivity index (χ3n) is 2.90. The van der Waals surface area contributed by atoms with E-state index in [0.29, 0.717) is 24.3 Å². The van der Waals surface area contributed by atoms with E-state index in [1.807, 2.05) is 0 Å². The zero-order valence-corrected chi connectivity index (χ0v) is 13.2. The fourth-order valence-corrected chi connectivity index (χ4v) is 1.82. The number of halogens is 2. The molecule has 3 nitrogen and oxygen atoms in total. The number of rotatable bonds is 8. The molecule has 1 aromatic carbocycles. The maximum absolute atomic E-state index is 12.3. The summed E-state index contributed by atoms with van der Waals surface area (Å²) in [5.41, 5.74) is 1.27. The molecule has 21 heavy (non-hydrogen) atoms. The molecular weight excluding hydrogens is 276 g/mol. The Morgan fingerprint density at radius 1 is 1.19 bits per heavy atom. The Morgan fingerprint density at radius 2 is 1.90 bits per heavy atom. The summed E-state index contributed by atoms with van der Waals surface area (Å²) in [5.74, 6) is 0.429. The first-order valence-corrected chi connectivity index (χ1v) is 7.23. The molecule has 0 radical (unpaired) electrons.